The Morgan fingerprint density at radius 3 is 2.48 bits per heavy atom. The van der Waals surface area contributed by atoms with Crippen LogP contribution in [0.15, 0.2) is 48.5 Å². The molecule has 2 aromatic rings. The molecule has 0 aliphatic carbocycles. The van der Waals surface area contributed by atoms with Gasteiger partial charge < -0.3 is 9.64 Å². The molecule has 1 heterocycles. The minimum absolute atomic E-state index is 0.160. The first kappa shape index (κ1) is 20.8. The number of rotatable bonds is 7. The van der Waals surface area contributed by atoms with Gasteiger partial charge in [-0.3, -0.25) is 14.6 Å². The third-order valence-electron chi connectivity index (χ3n) is 5.20. The van der Waals surface area contributed by atoms with Crippen molar-refractivity contribution in [3.8, 4) is 11.8 Å². The van der Waals surface area contributed by atoms with Crippen LogP contribution in [0.5, 0.6) is 5.75 Å². The van der Waals surface area contributed by atoms with E-state index < -0.39 is 0 Å². The van der Waals surface area contributed by atoms with Gasteiger partial charge in [0.2, 0.25) is 5.91 Å². The van der Waals surface area contributed by atoms with Gasteiger partial charge in [-0.15, -0.1) is 0 Å². The number of hydrogen-bond acceptors (Lipinski definition) is 5. The molecule has 0 aromatic heterocycles. The zero-order chi connectivity index (χ0) is 20.6. The summed E-state index contributed by atoms with van der Waals surface area (Å²) in [7, 11) is 3.61. The summed E-state index contributed by atoms with van der Waals surface area (Å²) in [5.41, 5.74) is 2.95. The van der Waals surface area contributed by atoms with Gasteiger partial charge in [-0.1, -0.05) is 24.3 Å². The van der Waals surface area contributed by atoms with Crippen molar-refractivity contribution < 1.29 is 9.53 Å². The predicted molar refractivity (Wildman–Crippen MR) is 112 cm³/mol. The Balaban J connectivity index is 1.43. The molecule has 152 valence electrons. The SMILES string of the molecule is COc1ccc(CN2CCN(C(=O)CN(C)Cc3cccc(C#N)c3)CC2)cc1. The number of carbonyl (C=O) groups excluding carboxylic acids is 1. The monoisotopic (exact) mass is 392 g/mol. The molecule has 0 saturated carbocycles. The van der Waals surface area contributed by atoms with Gasteiger partial charge in [-0.2, -0.15) is 5.26 Å². The molecule has 29 heavy (non-hydrogen) atoms. The largest absolute Gasteiger partial charge is 0.497 e. The summed E-state index contributed by atoms with van der Waals surface area (Å²) in [6, 6.07) is 17.8. The molecule has 2 aromatic carbocycles. The number of ether oxygens (including phenoxy) is 1. The zero-order valence-electron chi connectivity index (χ0n) is 17.2. The van der Waals surface area contributed by atoms with E-state index >= 15 is 0 Å². The zero-order valence-corrected chi connectivity index (χ0v) is 17.2. The smallest absolute Gasteiger partial charge is 0.236 e. The summed E-state index contributed by atoms with van der Waals surface area (Å²) < 4.78 is 5.20. The number of hydrogen-bond donors (Lipinski definition) is 0. The van der Waals surface area contributed by atoms with Crippen molar-refractivity contribution >= 4 is 5.91 Å². The number of amides is 1. The van der Waals surface area contributed by atoms with Gasteiger partial charge in [0.05, 0.1) is 25.3 Å². The second-order valence-electron chi connectivity index (χ2n) is 7.49. The summed E-state index contributed by atoms with van der Waals surface area (Å²) in [5.74, 6) is 1.03. The molecular weight excluding hydrogens is 364 g/mol. The van der Waals surface area contributed by atoms with Gasteiger partial charge >= 0.3 is 0 Å². The molecule has 1 aliphatic rings. The Bertz CT molecular complexity index is 852. The highest BCUT2D eigenvalue weighted by molar-refractivity contribution is 5.78. The molecule has 6 heteroatoms. The van der Waals surface area contributed by atoms with Crippen molar-refractivity contribution in [3.05, 3.63) is 65.2 Å². The summed E-state index contributed by atoms with van der Waals surface area (Å²) in [6.45, 7) is 5.20. The van der Waals surface area contributed by atoms with Crippen molar-refractivity contribution in [3.63, 3.8) is 0 Å². The lowest BCUT2D eigenvalue weighted by Crippen LogP contribution is -2.50. The van der Waals surface area contributed by atoms with E-state index in [-0.39, 0.29) is 5.91 Å². The quantitative estimate of drug-likeness (QED) is 0.724. The molecule has 0 N–H and O–H groups in total. The molecule has 1 aliphatic heterocycles. The fraction of sp³-hybridized carbons (Fsp3) is 0.391. The van der Waals surface area contributed by atoms with Crippen LogP contribution in [-0.4, -0.2) is 67.5 Å². The minimum atomic E-state index is 0.160. The standard InChI is InChI=1S/C23H28N4O2/c1-25(16-21-5-3-4-20(14-21)15-24)18-23(28)27-12-10-26(11-13-27)17-19-6-8-22(29-2)9-7-19/h3-9,14H,10-13,16-18H2,1-2H3. The van der Waals surface area contributed by atoms with E-state index in [1.54, 1.807) is 13.2 Å². The first-order valence-corrected chi connectivity index (χ1v) is 9.88. The first-order chi connectivity index (χ1) is 14.1. The molecule has 0 spiro atoms. The Kier molecular flexibility index (Phi) is 7.23. The van der Waals surface area contributed by atoms with E-state index in [2.05, 4.69) is 23.1 Å². The van der Waals surface area contributed by atoms with Crippen LogP contribution in [0.3, 0.4) is 0 Å². The van der Waals surface area contributed by atoms with Gasteiger partial charge in [-0.25, -0.2) is 0 Å². The number of likely N-dealkylation sites (N-methyl/N-ethyl adjacent to an activating group) is 1. The third kappa shape index (κ3) is 6.05. The molecule has 3 rings (SSSR count). The van der Waals surface area contributed by atoms with E-state index in [4.69, 9.17) is 10.00 Å². The lowest BCUT2D eigenvalue weighted by Gasteiger charge is -2.35. The summed E-state index contributed by atoms with van der Waals surface area (Å²) in [5, 5.41) is 9.02. The number of nitrogens with zero attached hydrogens (tertiary/aromatic N) is 4. The highest BCUT2D eigenvalue weighted by Gasteiger charge is 2.22. The van der Waals surface area contributed by atoms with Crippen LogP contribution in [-0.2, 0) is 17.9 Å². The fourth-order valence-electron chi connectivity index (χ4n) is 3.58. The van der Waals surface area contributed by atoms with E-state index in [0.29, 0.717) is 18.7 Å². The molecule has 0 bridgehead atoms. The molecule has 0 radical (unpaired) electrons. The fourth-order valence-corrected chi connectivity index (χ4v) is 3.58. The second-order valence-corrected chi connectivity index (χ2v) is 7.49. The normalized spacial score (nSPS) is 14.6. The predicted octanol–water partition coefficient (Wildman–Crippen LogP) is 2.34. The average Bonchev–Trinajstić information content (AvgIpc) is 2.74. The molecule has 1 saturated heterocycles. The van der Waals surface area contributed by atoms with Crippen LogP contribution in [0.2, 0.25) is 0 Å². The number of carbonyl (C=O) groups is 1. The van der Waals surface area contributed by atoms with Crippen molar-refractivity contribution in [2.45, 2.75) is 13.1 Å². The molecule has 0 unspecified atom stereocenters. The summed E-state index contributed by atoms with van der Waals surface area (Å²) >= 11 is 0. The van der Waals surface area contributed by atoms with Crippen LogP contribution in [0, 0.1) is 11.3 Å². The Morgan fingerprint density at radius 2 is 1.83 bits per heavy atom. The van der Waals surface area contributed by atoms with E-state index in [9.17, 15) is 4.79 Å². The number of piperazine rings is 1. The topological polar surface area (TPSA) is 59.8 Å². The molecule has 6 nitrogen and oxygen atoms in total. The maximum absolute atomic E-state index is 12.7. The Labute approximate surface area is 172 Å². The summed E-state index contributed by atoms with van der Waals surface area (Å²) in [4.78, 5) is 19.0. The van der Waals surface area contributed by atoms with Crippen LogP contribution < -0.4 is 4.74 Å². The highest BCUT2D eigenvalue weighted by atomic mass is 16.5. The maximum atomic E-state index is 12.7. The van der Waals surface area contributed by atoms with Crippen LogP contribution >= 0.6 is 0 Å². The van der Waals surface area contributed by atoms with Gasteiger partial charge in [0.25, 0.3) is 0 Å². The number of benzene rings is 2. The lowest BCUT2D eigenvalue weighted by molar-refractivity contribution is -0.134. The molecular formula is C23H28N4O2. The first-order valence-electron chi connectivity index (χ1n) is 9.88. The average molecular weight is 393 g/mol. The van der Waals surface area contributed by atoms with Crippen molar-refractivity contribution in [2.24, 2.45) is 0 Å². The third-order valence-corrected chi connectivity index (χ3v) is 5.20. The van der Waals surface area contributed by atoms with Gasteiger partial charge in [0.15, 0.2) is 0 Å². The van der Waals surface area contributed by atoms with E-state index in [1.165, 1.54) is 5.56 Å². The molecule has 0 atom stereocenters. The molecule has 1 fully saturated rings. The van der Waals surface area contributed by atoms with Crippen molar-refractivity contribution in [2.75, 3.05) is 46.9 Å². The summed E-state index contributed by atoms with van der Waals surface area (Å²) in [6.07, 6.45) is 0. The maximum Gasteiger partial charge on any atom is 0.236 e. The second kappa shape index (κ2) is 10.1. The Morgan fingerprint density at radius 1 is 1.10 bits per heavy atom. The van der Waals surface area contributed by atoms with Crippen molar-refractivity contribution in [1.82, 2.24) is 14.7 Å². The van der Waals surface area contributed by atoms with E-state index in [1.807, 2.05) is 47.2 Å². The number of nitriles is 1. The van der Waals surface area contributed by atoms with Crippen LogP contribution in [0.4, 0.5) is 0 Å². The van der Waals surface area contributed by atoms with Gasteiger partial charge in [-0.05, 0) is 42.4 Å². The Hall–Kier alpha value is -2.88. The molecule has 1 amide bonds. The lowest BCUT2D eigenvalue weighted by atomic mass is 10.1. The van der Waals surface area contributed by atoms with Gasteiger partial charge in [0, 0.05) is 39.3 Å². The minimum Gasteiger partial charge on any atom is -0.497 e. The number of methoxy groups -OCH3 is 1. The van der Waals surface area contributed by atoms with E-state index in [0.717, 1.165) is 44.0 Å². The highest BCUT2D eigenvalue weighted by Crippen LogP contribution is 2.14. The van der Waals surface area contributed by atoms with Crippen molar-refractivity contribution in [1.29, 1.82) is 5.26 Å². The van der Waals surface area contributed by atoms with Crippen LogP contribution in [0.25, 0.3) is 0 Å². The van der Waals surface area contributed by atoms with Crippen LogP contribution in [0.1, 0.15) is 16.7 Å². The van der Waals surface area contributed by atoms with Gasteiger partial charge in [0.1, 0.15) is 5.75 Å².